The van der Waals surface area contributed by atoms with Gasteiger partial charge in [0.1, 0.15) is 18.7 Å². The van der Waals surface area contributed by atoms with Crippen molar-refractivity contribution in [1.29, 1.82) is 0 Å². The van der Waals surface area contributed by atoms with Gasteiger partial charge < -0.3 is 25.4 Å². The lowest BCUT2D eigenvalue weighted by atomic mass is 10.1. The molecule has 0 aliphatic rings. The predicted octanol–water partition coefficient (Wildman–Crippen LogP) is -0.0888. The van der Waals surface area contributed by atoms with E-state index in [0.717, 1.165) is 5.56 Å². The first-order valence-corrected chi connectivity index (χ1v) is 11.1. The minimum absolute atomic E-state index is 0.0545. The molecule has 0 fully saturated rings. The minimum Gasteiger partial charge on any atom is -0.481 e. The van der Waals surface area contributed by atoms with Crippen molar-refractivity contribution in [2.24, 2.45) is 0 Å². The summed E-state index contributed by atoms with van der Waals surface area (Å²) in [4.78, 5) is 85.1. The molecule has 2 atom stereocenters. The van der Waals surface area contributed by atoms with Crippen molar-refractivity contribution in [3.8, 4) is 0 Å². The van der Waals surface area contributed by atoms with Crippen LogP contribution in [-0.2, 0) is 25.7 Å². The van der Waals surface area contributed by atoms with Crippen molar-refractivity contribution in [3.63, 3.8) is 0 Å². The number of hydrogen-bond donors (Lipinski definition) is 5. The lowest BCUT2D eigenvalue weighted by molar-refractivity contribution is -0.142. The number of carbonyl (C=O) groups excluding carboxylic acids is 1. The van der Waals surface area contributed by atoms with Crippen LogP contribution >= 0.6 is 0 Å². The van der Waals surface area contributed by atoms with Crippen LogP contribution in [0.3, 0.4) is 0 Å². The normalized spacial score (nSPS) is 12.3. The van der Waals surface area contributed by atoms with Crippen molar-refractivity contribution >= 4 is 24.0 Å². The Kier molecular flexibility index (Phi) is 10.3. The predicted molar refractivity (Wildman–Crippen MR) is 124 cm³/mol. The number of carbonyl (C=O) groups is 4. The fourth-order valence-corrected chi connectivity index (χ4v) is 3.46. The van der Waals surface area contributed by atoms with Gasteiger partial charge in [0.2, 0.25) is 0 Å². The Morgan fingerprint density at radius 1 is 0.865 bits per heavy atom. The smallest absolute Gasteiger partial charge is 0.407 e. The SMILES string of the molecule is O=C(O)CC[C@@H](C(=O)O)n1c(=O)[nH]c(=O)n([C@@H](CCCCNC(=O)OCc2ccccc2)C(=O)O)c1=O. The van der Waals surface area contributed by atoms with Gasteiger partial charge in [-0.15, -0.1) is 0 Å². The minimum atomic E-state index is -1.94. The maximum atomic E-state index is 12.9. The lowest BCUT2D eigenvalue weighted by Crippen LogP contribution is -2.54. The molecule has 2 aromatic rings. The molecule has 0 saturated carbocycles. The van der Waals surface area contributed by atoms with Crippen LogP contribution in [0.2, 0.25) is 0 Å². The molecule has 0 aliphatic carbocycles. The zero-order valence-electron chi connectivity index (χ0n) is 19.5. The number of rotatable bonds is 14. The molecule has 0 unspecified atom stereocenters. The van der Waals surface area contributed by atoms with E-state index in [2.05, 4.69) is 5.32 Å². The van der Waals surface area contributed by atoms with E-state index in [0.29, 0.717) is 0 Å². The van der Waals surface area contributed by atoms with Gasteiger partial charge in [0.05, 0.1) is 0 Å². The number of amides is 1. The fourth-order valence-electron chi connectivity index (χ4n) is 3.46. The summed E-state index contributed by atoms with van der Waals surface area (Å²) in [5.74, 6) is -4.69. The van der Waals surface area contributed by atoms with E-state index >= 15 is 0 Å². The first-order chi connectivity index (χ1) is 17.5. The third kappa shape index (κ3) is 8.19. The maximum Gasteiger partial charge on any atom is 0.407 e. The Labute approximate surface area is 207 Å². The average Bonchev–Trinajstić information content (AvgIpc) is 2.83. The van der Waals surface area contributed by atoms with Gasteiger partial charge in [0.15, 0.2) is 0 Å². The van der Waals surface area contributed by atoms with Crippen LogP contribution in [0.1, 0.15) is 49.8 Å². The van der Waals surface area contributed by atoms with Crippen molar-refractivity contribution in [1.82, 2.24) is 19.4 Å². The van der Waals surface area contributed by atoms with Crippen LogP contribution in [0.15, 0.2) is 44.7 Å². The highest BCUT2D eigenvalue weighted by atomic mass is 16.5. The Hall–Kier alpha value is -4.69. The molecule has 1 aromatic heterocycles. The van der Waals surface area contributed by atoms with E-state index in [9.17, 15) is 43.8 Å². The molecule has 5 N–H and O–H groups in total. The second-order valence-electron chi connectivity index (χ2n) is 7.88. The molecule has 15 heteroatoms. The van der Waals surface area contributed by atoms with Gasteiger partial charge >= 0.3 is 41.1 Å². The van der Waals surface area contributed by atoms with Crippen LogP contribution in [0.25, 0.3) is 0 Å². The average molecular weight is 522 g/mol. The molecule has 1 amide bonds. The topological polar surface area (TPSA) is 227 Å². The lowest BCUT2D eigenvalue weighted by Gasteiger charge is -2.18. The molecule has 15 nitrogen and oxygen atoms in total. The highest BCUT2D eigenvalue weighted by Crippen LogP contribution is 2.14. The van der Waals surface area contributed by atoms with Crippen LogP contribution in [0, 0.1) is 0 Å². The molecule has 2 rings (SSSR count). The number of unbranched alkanes of at least 4 members (excludes halogenated alkanes) is 1. The first kappa shape index (κ1) is 28.5. The zero-order valence-corrected chi connectivity index (χ0v) is 19.5. The maximum absolute atomic E-state index is 12.9. The summed E-state index contributed by atoms with van der Waals surface area (Å²) < 4.78 is 5.37. The molecule has 200 valence electrons. The number of carboxylic acid groups (broad SMARTS) is 3. The van der Waals surface area contributed by atoms with E-state index in [1.165, 1.54) is 0 Å². The van der Waals surface area contributed by atoms with Gasteiger partial charge in [-0.3, -0.25) is 9.78 Å². The summed E-state index contributed by atoms with van der Waals surface area (Å²) in [5, 5.41) is 30.3. The molecule has 0 spiro atoms. The van der Waals surface area contributed by atoms with Gasteiger partial charge in [-0.1, -0.05) is 30.3 Å². The Morgan fingerprint density at radius 2 is 1.43 bits per heavy atom. The molecule has 1 aromatic carbocycles. The largest absolute Gasteiger partial charge is 0.481 e. The molecule has 1 heterocycles. The number of carboxylic acids is 3. The number of benzene rings is 1. The van der Waals surface area contributed by atoms with Crippen molar-refractivity contribution in [3.05, 3.63) is 67.3 Å². The summed E-state index contributed by atoms with van der Waals surface area (Å²) in [6.45, 7) is 0.153. The fraction of sp³-hybridized carbons (Fsp3) is 0.409. The van der Waals surface area contributed by atoms with E-state index in [-0.39, 0.29) is 41.5 Å². The van der Waals surface area contributed by atoms with Gasteiger partial charge in [-0.25, -0.2) is 37.9 Å². The Morgan fingerprint density at radius 3 is 1.97 bits per heavy atom. The van der Waals surface area contributed by atoms with Gasteiger partial charge in [0.25, 0.3) is 0 Å². The third-order valence-corrected chi connectivity index (χ3v) is 5.28. The molecular formula is C22H26N4O11. The van der Waals surface area contributed by atoms with Gasteiger partial charge in [0, 0.05) is 13.0 Å². The highest BCUT2D eigenvalue weighted by molar-refractivity contribution is 5.74. The summed E-state index contributed by atoms with van der Waals surface area (Å²) in [6.07, 6.45) is -1.97. The van der Waals surface area contributed by atoms with Crippen molar-refractivity contribution < 1.29 is 39.2 Å². The molecule has 0 bridgehead atoms. The number of aliphatic carboxylic acids is 3. The first-order valence-electron chi connectivity index (χ1n) is 11.1. The van der Waals surface area contributed by atoms with Crippen molar-refractivity contribution in [2.45, 2.75) is 50.8 Å². The van der Waals surface area contributed by atoms with Crippen LogP contribution in [0.4, 0.5) is 4.79 Å². The van der Waals surface area contributed by atoms with E-state index in [1.807, 2.05) is 6.07 Å². The Balaban J connectivity index is 2.08. The molecule has 0 saturated heterocycles. The summed E-state index contributed by atoms with van der Waals surface area (Å²) >= 11 is 0. The summed E-state index contributed by atoms with van der Waals surface area (Å²) in [5.41, 5.74) is -3.48. The number of ether oxygens (including phenoxy) is 1. The number of nitrogens with one attached hydrogen (secondary N) is 2. The molecule has 0 radical (unpaired) electrons. The van der Waals surface area contributed by atoms with E-state index in [1.54, 1.807) is 29.2 Å². The van der Waals surface area contributed by atoms with Crippen LogP contribution < -0.4 is 22.4 Å². The van der Waals surface area contributed by atoms with E-state index < -0.39 is 66.0 Å². The second kappa shape index (κ2) is 13.4. The number of hydrogen-bond acceptors (Lipinski definition) is 8. The molecule has 0 aliphatic heterocycles. The van der Waals surface area contributed by atoms with Crippen LogP contribution in [0.5, 0.6) is 0 Å². The van der Waals surface area contributed by atoms with E-state index in [4.69, 9.17) is 9.84 Å². The number of aromatic amines is 1. The standard InChI is InChI=1S/C22H26N4O11/c27-16(28)10-9-15(18(31)32)26-20(34)24-19(33)25(22(26)36)14(17(29)30)8-4-5-11-23-21(35)37-12-13-6-2-1-3-7-13/h1-3,6-7,14-15H,4-5,8-12H2,(H,23,35)(H,27,28)(H,29,30)(H,31,32)(H,24,33,34)/t14-,15-/m0/s1. The monoisotopic (exact) mass is 522 g/mol. The van der Waals surface area contributed by atoms with Crippen molar-refractivity contribution in [2.75, 3.05) is 6.54 Å². The van der Waals surface area contributed by atoms with Crippen LogP contribution in [-0.4, -0.2) is 60.0 Å². The second-order valence-corrected chi connectivity index (χ2v) is 7.88. The summed E-state index contributed by atoms with van der Waals surface area (Å²) in [7, 11) is 0. The third-order valence-electron chi connectivity index (χ3n) is 5.28. The van der Waals surface area contributed by atoms with Gasteiger partial charge in [-0.2, -0.15) is 0 Å². The van der Waals surface area contributed by atoms with Gasteiger partial charge in [-0.05, 0) is 31.2 Å². The summed E-state index contributed by atoms with van der Waals surface area (Å²) in [6, 6.07) is 5.23. The quantitative estimate of drug-likeness (QED) is 0.206. The molecular weight excluding hydrogens is 496 g/mol. The number of alkyl carbamates (subject to hydrolysis) is 1. The number of H-pyrrole nitrogens is 1. The molecule has 37 heavy (non-hydrogen) atoms. The Bertz CT molecular complexity index is 1300. The zero-order chi connectivity index (χ0) is 27.5. The highest BCUT2D eigenvalue weighted by Gasteiger charge is 2.30. The number of aromatic nitrogens is 3. The number of nitrogens with zero attached hydrogens (tertiary/aromatic N) is 2.